The van der Waals surface area contributed by atoms with Crippen molar-refractivity contribution >= 4 is 38.9 Å². The van der Waals surface area contributed by atoms with Crippen LogP contribution in [0.1, 0.15) is 21.5 Å². The van der Waals surface area contributed by atoms with E-state index in [1.807, 2.05) is 36.4 Å². The van der Waals surface area contributed by atoms with Gasteiger partial charge < -0.3 is 28.3 Å². The molecule has 0 fully saturated rings. The normalized spacial score (nSPS) is 12.6. The first-order chi connectivity index (χ1) is 20.5. The Labute approximate surface area is 243 Å². The smallest absolute Gasteiger partial charge is 0.294 e. The minimum atomic E-state index is -0.102. The fraction of sp³-hybridized carbons (Fsp3) is 0.200. The predicted molar refractivity (Wildman–Crippen MR) is 156 cm³/mol. The number of benzene rings is 2. The third-order valence-corrected chi connectivity index (χ3v) is 8.09. The molecule has 0 saturated carbocycles. The van der Waals surface area contributed by atoms with Crippen molar-refractivity contribution in [2.24, 2.45) is 0 Å². The monoisotopic (exact) mass is 583 g/mol. The van der Waals surface area contributed by atoms with Crippen molar-refractivity contribution in [3.63, 3.8) is 0 Å². The van der Waals surface area contributed by atoms with E-state index in [-0.39, 0.29) is 5.91 Å². The van der Waals surface area contributed by atoms with Crippen LogP contribution in [0, 0.1) is 0 Å². The van der Waals surface area contributed by atoms with Gasteiger partial charge in [-0.3, -0.25) is 4.79 Å². The number of imidazole rings is 1. The fourth-order valence-corrected chi connectivity index (χ4v) is 5.82. The fourth-order valence-electron chi connectivity index (χ4n) is 5.12. The van der Waals surface area contributed by atoms with Gasteiger partial charge in [-0.05, 0) is 47.1 Å². The molecule has 0 aliphatic carbocycles. The van der Waals surface area contributed by atoms with Gasteiger partial charge in [0.15, 0.2) is 5.76 Å². The largest absolute Gasteiger partial charge is 0.496 e. The second kappa shape index (κ2) is 10.4. The van der Waals surface area contributed by atoms with E-state index in [0.29, 0.717) is 63.3 Å². The van der Waals surface area contributed by atoms with E-state index in [1.165, 1.54) is 11.3 Å². The van der Waals surface area contributed by atoms with Gasteiger partial charge >= 0.3 is 0 Å². The van der Waals surface area contributed by atoms with Gasteiger partial charge in [0.25, 0.3) is 11.1 Å². The number of pyridine rings is 1. The van der Waals surface area contributed by atoms with Crippen LogP contribution in [0.25, 0.3) is 27.4 Å². The molecule has 0 radical (unpaired) electrons. The maximum absolute atomic E-state index is 13.3. The number of amides is 1. The number of carbonyl (C=O) groups is 1. The average Bonchev–Trinajstić information content (AvgIpc) is 3.81. The number of carbonyl (C=O) groups excluding carboxylic acids is 1. The number of methoxy groups -OCH3 is 3. The Bertz CT molecular complexity index is 1910. The van der Waals surface area contributed by atoms with Crippen LogP contribution in [0.4, 0.5) is 5.69 Å². The van der Waals surface area contributed by atoms with E-state index in [0.717, 1.165) is 28.6 Å². The summed E-state index contributed by atoms with van der Waals surface area (Å²) in [6, 6.07) is 14.9. The van der Waals surface area contributed by atoms with Gasteiger partial charge in [-0.1, -0.05) is 12.1 Å². The van der Waals surface area contributed by atoms with Crippen molar-refractivity contribution in [1.82, 2.24) is 19.6 Å². The summed E-state index contributed by atoms with van der Waals surface area (Å²) in [4.78, 5) is 24.6. The summed E-state index contributed by atoms with van der Waals surface area (Å²) in [5, 5.41) is 5.67. The molecule has 4 aromatic heterocycles. The Hall–Kier alpha value is -5.10. The van der Waals surface area contributed by atoms with E-state index < -0.39 is 0 Å². The lowest BCUT2D eigenvalue weighted by Crippen LogP contribution is -2.28. The lowest BCUT2D eigenvalue weighted by Gasteiger charge is -2.18. The minimum Gasteiger partial charge on any atom is -0.496 e. The number of fused-ring (bicyclic) bond motifs is 3. The maximum atomic E-state index is 13.3. The number of hydrogen-bond donors (Lipinski definition) is 0. The number of hydrogen-bond acceptors (Lipinski definition) is 10. The summed E-state index contributed by atoms with van der Waals surface area (Å²) in [7, 11) is 4.72. The van der Waals surface area contributed by atoms with Crippen LogP contribution in [0.5, 0.6) is 22.6 Å². The van der Waals surface area contributed by atoms with Crippen LogP contribution < -0.4 is 23.8 Å². The van der Waals surface area contributed by atoms with Crippen molar-refractivity contribution in [2.45, 2.75) is 13.0 Å². The SMILES string of the molecule is COc1cc(OCc2cccc3c2CCN3C(=O)c2ccc(OC)nc2)c2cc(-c3cn4nc(OC)sc4n3)oc2c1. The highest BCUT2D eigenvalue weighted by molar-refractivity contribution is 7.18. The molecule has 6 aromatic rings. The van der Waals surface area contributed by atoms with E-state index in [1.54, 1.807) is 55.3 Å². The molecule has 0 spiro atoms. The number of anilines is 1. The van der Waals surface area contributed by atoms with Crippen LogP contribution in [-0.4, -0.2) is 53.4 Å². The topological polar surface area (TPSA) is 113 Å². The van der Waals surface area contributed by atoms with Crippen LogP contribution in [0.3, 0.4) is 0 Å². The minimum absolute atomic E-state index is 0.102. The summed E-state index contributed by atoms with van der Waals surface area (Å²) < 4.78 is 30.1. The first-order valence-electron chi connectivity index (χ1n) is 13.1. The first-order valence-corrected chi connectivity index (χ1v) is 13.9. The second-order valence-corrected chi connectivity index (χ2v) is 10.5. The van der Waals surface area contributed by atoms with Crippen molar-refractivity contribution < 1.29 is 28.2 Å². The molecule has 212 valence electrons. The zero-order valence-electron chi connectivity index (χ0n) is 23.0. The summed E-state index contributed by atoms with van der Waals surface area (Å²) >= 11 is 1.35. The molecule has 1 aliphatic heterocycles. The standard InChI is InChI=1S/C30H25N5O6S/c1-37-19-11-24(21-13-26(41-25(21)12-19)22-15-35-29(32-22)42-30(33-35)39-3)40-16-18-5-4-6-23-20(18)9-10-34(23)28(36)17-7-8-27(38-2)31-14-17/h4-8,11-15H,9-10,16H2,1-3H3. The zero-order chi connectivity index (χ0) is 28.8. The second-order valence-electron chi connectivity index (χ2n) is 9.57. The third kappa shape index (κ3) is 4.45. The molecule has 42 heavy (non-hydrogen) atoms. The summed E-state index contributed by atoms with van der Waals surface area (Å²) in [6.07, 6.45) is 4.07. The van der Waals surface area contributed by atoms with Gasteiger partial charge in [-0.25, -0.2) is 14.5 Å². The molecule has 7 rings (SSSR count). The molecule has 12 heteroatoms. The van der Waals surface area contributed by atoms with Gasteiger partial charge in [0.2, 0.25) is 10.8 Å². The number of nitrogens with zero attached hydrogens (tertiary/aromatic N) is 5. The third-order valence-electron chi connectivity index (χ3n) is 7.21. The molecule has 0 N–H and O–H groups in total. The number of rotatable bonds is 8. The highest BCUT2D eigenvalue weighted by Gasteiger charge is 2.28. The van der Waals surface area contributed by atoms with E-state index >= 15 is 0 Å². The quantitative estimate of drug-likeness (QED) is 0.232. The average molecular weight is 584 g/mol. The van der Waals surface area contributed by atoms with Crippen LogP contribution >= 0.6 is 11.3 Å². The molecular weight excluding hydrogens is 558 g/mol. The van der Waals surface area contributed by atoms with Crippen molar-refractivity contribution in [3.8, 4) is 34.0 Å². The van der Waals surface area contributed by atoms with Gasteiger partial charge in [0, 0.05) is 36.6 Å². The molecule has 0 unspecified atom stereocenters. The number of aromatic nitrogens is 4. The summed E-state index contributed by atoms with van der Waals surface area (Å²) in [5.41, 5.74) is 4.74. The highest BCUT2D eigenvalue weighted by Crippen LogP contribution is 2.38. The van der Waals surface area contributed by atoms with Crippen molar-refractivity contribution in [3.05, 3.63) is 77.6 Å². The van der Waals surface area contributed by atoms with Gasteiger partial charge in [-0.15, -0.1) is 5.10 Å². The number of furan rings is 1. The molecular formula is C30H25N5O6S. The Morgan fingerprint density at radius 1 is 1.07 bits per heavy atom. The highest BCUT2D eigenvalue weighted by atomic mass is 32.1. The molecule has 5 heterocycles. The van der Waals surface area contributed by atoms with Crippen LogP contribution in [0.2, 0.25) is 0 Å². The van der Waals surface area contributed by atoms with E-state index in [4.69, 9.17) is 23.4 Å². The lowest BCUT2D eigenvalue weighted by molar-refractivity contribution is 0.0989. The summed E-state index contributed by atoms with van der Waals surface area (Å²) in [6.45, 7) is 0.885. The molecule has 2 aromatic carbocycles. The molecule has 11 nitrogen and oxygen atoms in total. The Morgan fingerprint density at radius 3 is 2.74 bits per heavy atom. The lowest BCUT2D eigenvalue weighted by atomic mass is 10.1. The van der Waals surface area contributed by atoms with Crippen LogP contribution in [0.15, 0.2) is 65.3 Å². The van der Waals surface area contributed by atoms with Gasteiger partial charge in [-0.2, -0.15) is 0 Å². The molecule has 1 aliphatic rings. The maximum Gasteiger partial charge on any atom is 0.294 e. The Balaban J connectivity index is 1.16. The summed E-state index contributed by atoms with van der Waals surface area (Å²) in [5.74, 6) is 2.18. The van der Waals surface area contributed by atoms with Crippen molar-refractivity contribution in [2.75, 3.05) is 32.8 Å². The predicted octanol–water partition coefficient (Wildman–Crippen LogP) is 5.41. The van der Waals surface area contributed by atoms with E-state index in [9.17, 15) is 4.79 Å². The molecule has 0 bridgehead atoms. The Kier molecular flexibility index (Phi) is 6.39. The van der Waals surface area contributed by atoms with Gasteiger partial charge in [0.05, 0.1) is 38.5 Å². The zero-order valence-corrected chi connectivity index (χ0v) is 23.8. The van der Waals surface area contributed by atoms with Crippen LogP contribution in [-0.2, 0) is 13.0 Å². The molecule has 1 amide bonds. The Morgan fingerprint density at radius 2 is 1.98 bits per heavy atom. The first kappa shape index (κ1) is 25.8. The van der Waals surface area contributed by atoms with E-state index in [2.05, 4.69) is 15.1 Å². The number of ether oxygens (including phenoxy) is 4. The molecule has 0 atom stereocenters. The van der Waals surface area contributed by atoms with Crippen molar-refractivity contribution in [1.29, 1.82) is 0 Å². The molecule has 0 saturated heterocycles. The van der Waals surface area contributed by atoms with Gasteiger partial charge in [0.1, 0.15) is 29.4 Å².